The van der Waals surface area contributed by atoms with Crippen LogP contribution in [0.2, 0.25) is 0 Å². The topological polar surface area (TPSA) is 140 Å². The first-order valence-electron chi connectivity index (χ1n) is 13.3. The van der Waals surface area contributed by atoms with Gasteiger partial charge in [0.05, 0.1) is 31.3 Å². The van der Waals surface area contributed by atoms with Crippen molar-refractivity contribution in [2.45, 2.75) is 59.1 Å². The fourth-order valence-corrected chi connectivity index (χ4v) is 5.41. The van der Waals surface area contributed by atoms with Crippen molar-refractivity contribution < 1.29 is 33.7 Å². The standard InChI is InChI=1S/C30H34N4O7S/c1-17(35)32-28-33-22-9-7-8-21(26(37)27(22)42-28)25(36)18-11-13-24(31-15-18)34(29(38)41-30(2,3)4)16-19-10-12-20(39-5)14-23(19)40-6/h10-15,36H,7-9,16H2,1-6H3,(H,32,33,35). The molecule has 42 heavy (non-hydrogen) atoms. The molecule has 0 aliphatic heterocycles. The second kappa shape index (κ2) is 12.6. The van der Waals surface area contributed by atoms with Gasteiger partial charge in [-0.3, -0.25) is 14.5 Å². The Labute approximate surface area is 248 Å². The van der Waals surface area contributed by atoms with Crippen molar-refractivity contribution in [2.75, 3.05) is 24.4 Å². The number of hydrogen-bond donors (Lipinski definition) is 2. The predicted molar refractivity (Wildman–Crippen MR) is 159 cm³/mol. The van der Waals surface area contributed by atoms with Crippen molar-refractivity contribution in [3.8, 4) is 11.5 Å². The molecule has 2 amide bonds. The van der Waals surface area contributed by atoms with Crippen molar-refractivity contribution >= 4 is 45.8 Å². The Bertz CT molecular complexity index is 1520. The quantitative estimate of drug-likeness (QED) is 0.193. The number of aromatic nitrogens is 2. The SMILES string of the molecule is COc1ccc(CN(C(=O)OC(C)(C)C)c2ccc(C(O)=C3CCCc4nc(NC(C)=O)sc4C3=O)cn2)c(OC)c1. The van der Waals surface area contributed by atoms with Gasteiger partial charge in [0, 0.05) is 35.9 Å². The lowest BCUT2D eigenvalue weighted by Crippen LogP contribution is -2.37. The summed E-state index contributed by atoms with van der Waals surface area (Å²) in [7, 11) is 3.09. The van der Waals surface area contributed by atoms with E-state index in [9.17, 15) is 19.5 Å². The first-order chi connectivity index (χ1) is 19.9. The molecule has 222 valence electrons. The van der Waals surface area contributed by atoms with E-state index >= 15 is 0 Å². The lowest BCUT2D eigenvalue weighted by molar-refractivity contribution is -0.114. The zero-order chi connectivity index (χ0) is 30.6. The summed E-state index contributed by atoms with van der Waals surface area (Å²) in [6.07, 6.45) is 2.30. The molecular weight excluding hydrogens is 560 g/mol. The molecule has 0 fully saturated rings. The second-order valence-corrected chi connectivity index (χ2v) is 11.6. The van der Waals surface area contributed by atoms with E-state index in [1.807, 2.05) is 0 Å². The van der Waals surface area contributed by atoms with Crippen LogP contribution in [0.1, 0.15) is 67.0 Å². The third-order valence-electron chi connectivity index (χ3n) is 6.32. The van der Waals surface area contributed by atoms with Crippen LogP contribution in [-0.4, -0.2) is 52.7 Å². The van der Waals surface area contributed by atoms with E-state index in [2.05, 4.69) is 15.3 Å². The Morgan fingerprint density at radius 1 is 1.12 bits per heavy atom. The van der Waals surface area contributed by atoms with Crippen LogP contribution in [0.4, 0.5) is 15.7 Å². The predicted octanol–water partition coefficient (Wildman–Crippen LogP) is 5.94. The molecule has 3 aromatic rings. The number of allylic oxidation sites excluding steroid dienone is 1. The maximum atomic E-state index is 13.4. The number of hydrogen-bond acceptors (Lipinski definition) is 10. The van der Waals surface area contributed by atoms with E-state index in [1.165, 1.54) is 25.1 Å². The third-order valence-corrected chi connectivity index (χ3v) is 7.33. The van der Waals surface area contributed by atoms with Crippen LogP contribution in [0.15, 0.2) is 42.1 Å². The van der Waals surface area contributed by atoms with Gasteiger partial charge in [-0.05, 0) is 64.3 Å². The third kappa shape index (κ3) is 7.06. The first-order valence-corrected chi connectivity index (χ1v) is 14.1. The number of carbonyl (C=O) groups is 3. The lowest BCUT2D eigenvalue weighted by Gasteiger charge is -2.27. The van der Waals surface area contributed by atoms with Gasteiger partial charge in [0.1, 0.15) is 28.7 Å². The molecule has 2 N–H and O–H groups in total. The number of benzene rings is 1. The molecule has 1 aliphatic carbocycles. The summed E-state index contributed by atoms with van der Waals surface area (Å²) in [5.41, 5.74) is 1.11. The number of ether oxygens (including phenoxy) is 3. The zero-order valence-corrected chi connectivity index (χ0v) is 25.3. The minimum Gasteiger partial charge on any atom is -0.507 e. The number of aryl methyl sites for hydroxylation is 1. The Balaban J connectivity index is 1.66. The zero-order valence-electron chi connectivity index (χ0n) is 24.4. The molecule has 11 nitrogen and oxygen atoms in total. The van der Waals surface area contributed by atoms with Gasteiger partial charge in [0.2, 0.25) is 11.7 Å². The van der Waals surface area contributed by atoms with Crippen LogP contribution in [-0.2, 0) is 22.5 Å². The van der Waals surface area contributed by atoms with Crippen LogP contribution in [0, 0.1) is 0 Å². The average molecular weight is 595 g/mol. The number of aliphatic hydroxyl groups excluding tert-OH is 1. The summed E-state index contributed by atoms with van der Waals surface area (Å²) in [6.45, 7) is 6.78. The van der Waals surface area contributed by atoms with Crippen molar-refractivity contribution in [3.63, 3.8) is 0 Å². The minimum atomic E-state index is -0.753. The van der Waals surface area contributed by atoms with E-state index in [0.29, 0.717) is 57.6 Å². The highest BCUT2D eigenvalue weighted by atomic mass is 32.1. The smallest absolute Gasteiger partial charge is 0.416 e. The summed E-state index contributed by atoms with van der Waals surface area (Å²) >= 11 is 1.09. The van der Waals surface area contributed by atoms with Crippen LogP contribution >= 0.6 is 11.3 Å². The number of carbonyl (C=O) groups excluding carboxylic acids is 3. The second-order valence-electron chi connectivity index (χ2n) is 10.6. The summed E-state index contributed by atoms with van der Waals surface area (Å²) in [4.78, 5) is 48.7. The summed E-state index contributed by atoms with van der Waals surface area (Å²) in [5, 5.41) is 14.1. The van der Waals surface area contributed by atoms with Crippen molar-refractivity contribution in [3.05, 3.63) is 63.8 Å². The number of thiazole rings is 1. The number of nitrogens with zero attached hydrogens (tertiary/aromatic N) is 3. The Hall–Kier alpha value is -4.45. The van der Waals surface area contributed by atoms with Crippen molar-refractivity contribution in [2.24, 2.45) is 0 Å². The molecule has 4 rings (SSSR count). The summed E-state index contributed by atoms with van der Waals surface area (Å²) in [5.74, 6) is 0.609. The molecule has 0 radical (unpaired) electrons. The van der Waals surface area contributed by atoms with Gasteiger partial charge < -0.3 is 24.6 Å². The molecule has 0 atom stereocenters. The number of nitrogens with one attached hydrogen (secondary N) is 1. The number of pyridine rings is 1. The van der Waals surface area contributed by atoms with E-state index < -0.39 is 11.7 Å². The highest BCUT2D eigenvalue weighted by Crippen LogP contribution is 2.34. The fraction of sp³-hybridized carbons (Fsp3) is 0.367. The van der Waals surface area contributed by atoms with Gasteiger partial charge in [0.25, 0.3) is 0 Å². The van der Waals surface area contributed by atoms with E-state index in [0.717, 1.165) is 11.3 Å². The molecule has 0 unspecified atom stereocenters. The number of Topliss-reactive ketones (excluding diaryl/α,β-unsaturated/α-hetero) is 1. The van der Waals surface area contributed by atoms with Crippen LogP contribution in [0.5, 0.6) is 11.5 Å². The lowest BCUT2D eigenvalue weighted by atomic mass is 10.0. The van der Waals surface area contributed by atoms with Gasteiger partial charge in [-0.2, -0.15) is 0 Å². The summed E-state index contributed by atoms with van der Waals surface area (Å²) in [6, 6.07) is 8.47. The maximum absolute atomic E-state index is 13.4. The van der Waals surface area contributed by atoms with Gasteiger partial charge in [-0.25, -0.2) is 14.8 Å². The first kappa shape index (κ1) is 30.5. The van der Waals surface area contributed by atoms with Crippen LogP contribution < -0.4 is 19.7 Å². The highest BCUT2D eigenvalue weighted by Gasteiger charge is 2.29. The van der Waals surface area contributed by atoms with Gasteiger partial charge in [0.15, 0.2) is 5.13 Å². The highest BCUT2D eigenvalue weighted by molar-refractivity contribution is 7.18. The molecule has 0 spiro atoms. The molecule has 12 heteroatoms. The van der Waals surface area contributed by atoms with E-state index in [4.69, 9.17) is 14.2 Å². The van der Waals surface area contributed by atoms with Crippen molar-refractivity contribution in [1.82, 2.24) is 9.97 Å². The maximum Gasteiger partial charge on any atom is 0.416 e. The number of fused-ring (bicyclic) bond motifs is 1. The number of ketones is 1. The summed E-state index contributed by atoms with van der Waals surface area (Å²) < 4.78 is 16.4. The molecule has 0 saturated carbocycles. The molecule has 1 aliphatic rings. The molecular formula is C30H34N4O7S. The number of rotatable bonds is 7. The number of aliphatic hydroxyl groups is 1. The molecule has 0 saturated heterocycles. The molecule has 2 aromatic heterocycles. The van der Waals surface area contributed by atoms with Crippen molar-refractivity contribution in [1.29, 1.82) is 0 Å². The van der Waals surface area contributed by atoms with Gasteiger partial charge in [-0.15, -0.1) is 0 Å². The number of methoxy groups -OCH3 is 2. The van der Waals surface area contributed by atoms with Crippen LogP contribution in [0.3, 0.4) is 0 Å². The molecule has 2 heterocycles. The largest absolute Gasteiger partial charge is 0.507 e. The van der Waals surface area contributed by atoms with Gasteiger partial charge in [-0.1, -0.05) is 11.3 Å². The van der Waals surface area contributed by atoms with Gasteiger partial charge >= 0.3 is 6.09 Å². The average Bonchev–Trinajstić information content (AvgIpc) is 3.27. The Morgan fingerprint density at radius 3 is 2.50 bits per heavy atom. The molecule has 1 aromatic carbocycles. The number of amides is 2. The van der Waals surface area contributed by atoms with E-state index in [1.54, 1.807) is 58.2 Å². The Kier molecular flexibility index (Phi) is 9.15. The fourth-order valence-electron chi connectivity index (χ4n) is 4.38. The van der Waals surface area contributed by atoms with Crippen LogP contribution in [0.25, 0.3) is 5.76 Å². The molecule has 0 bridgehead atoms. The minimum absolute atomic E-state index is 0.0881. The number of anilines is 2. The Morgan fingerprint density at radius 2 is 1.88 bits per heavy atom. The monoisotopic (exact) mass is 594 g/mol. The van der Waals surface area contributed by atoms with E-state index in [-0.39, 0.29) is 35.4 Å². The normalized spacial score (nSPS) is 14.4.